The molecule has 0 aromatic rings. The van der Waals surface area contributed by atoms with E-state index in [-0.39, 0.29) is 5.60 Å². The average molecular weight is 228 g/mol. The third-order valence-corrected chi connectivity index (χ3v) is 2.86. The lowest BCUT2D eigenvalue weighted by molar-refractivity contribution is -0.00490. The fraction of sp³-hybridized carbons (Fsp3) is 1.00. The number of piperazine rings is 1. The van der Waals surface area contributed by atoms with Crippen molar-refractivity contribution in [3.05, 3.63) is 0 Å². The molecule has 0 aromatic heterocycles. The maximum Gasteiger partial charge on any atom is 0.0598 e. The highest BCUT2D eigenvalue weighted by molar-refractivity contribution is 4.67. The normalized spacial score (nSPS) is 18.9. The molecule has 0 bridgehead atoms. The molecule has 0 atom stereocenters. The number of ether oxygens (including phenoxy) is 1. The van der Waals surface area contributed by atoms with Crippen molar-refractivity contribution in [3.63, 3.8) is 0 Å². The van der Waals surface area contributed by atoms with E-state index in [1.165, 1.54) is 38.9 Å². The summed E-state index contributed by atoms with van der Waals surface area (Å²) < 4.78 is 5.70. The number of nitrogens with zero attached hydrogens (tertiary/aromatic N) is 1. The Hall–Kier alpha value is -0.120. The maximum atomic E-state index is 5.70. The van der Waals surface area contributed by atoms with Crippen LogP contribution in [-0.4, -0.2) is 49.8 Å². The van der Waals surface area contributed by atoms with Gasteiger partial charge in [-0.15, -0.1) is 0 Å². The van der Waals surface area contributed by atoms with Crippen molar-refractivity contribution >= 4 is 0 Å². The Bertz CT molecular complexity index is 171. The lowest BCUT2D eigenvalue weighted by Gasteiger charge is -2.27. The van der Waals surface area contributed by atoms with Crippen LogP contribution in [0.25, 0.3) is 0 Å². The van der Waals surface area contributed by atoms with Crippen LogP contribution in [0.3, 0.4) is 0 Å². The highest BCUT2D eigenvalue weighted by Gasteiger charge is 2.10. The first-order valence-corrected chi connectivity index (χ1v) is 6.65. The van der Waals surface area contributed by atoms with Crippen molar-refractivity contribution in [2.45, 2.75) is 45.6 Å². The van der Waals surface area contributed by atoms with Crippen LogP contribution in [0.1, 0.15) is 40.0 Å². The second-order valence-electron chi connectivity index (χ2n) is 5.61. The number of hydrogen-bond acceptors (Lipinski definition) is 3. The predicted molar refractivity (Wildman–Crippen MR) is 68.9 cm³/mol. The second kappa shape index (κ2) is 7.25. The Morgan fingerprint density at radius 1 is 1.06 bits per heavy atom. The number of unbranched alkanes of at least 4 members (excludes halogenated alkanes) is 2. The molecule has 16 heavy (non-hydrogen) atoms. The van der Waals surface area contributed by atoms with Crippen LogP contribution in [0.15, 0.2) is 0 Å². The summed E-state index contributed by atoms with van der Waals surface area (Å²) in [5.41, 5.74) is 0.0263. The highest BCUT2D eigenvalue weighted by Crippen LogP contribution is 2.08. The monoisotopic (exact) mass is 228 g/mol. The molecule has 0 saturated carbocycles. The van der Waals surface area contributed by atoms with Gasteiger partial charge in [0, 0.05) is 32.8 Å². The van der Waals surface area contributed by atoms with Gasteiger partial charge in [-0.3, -0.25) is 0 Å². The molecule has 0 amide bonds. The number of hydrogen-bond donors (Lipinski definition) is 1. The number of nitrogens with one attached hydrogen (secondary N) is 1. The minimum Gasteiger partial charge on any atom is -0.376 e. The summed E-state index contributed by atoms with van der Waals surface area (Å²) in [7, 11) is 0. The molecular weight excluding hydrogens is 200 g/mol. The van der Waals surface area contributed by atoms with Gasteiger partial charge in [0.15, 0.2) is 0 Å². The second-order valence-corrected chi connectivity index (χ2v) is 5.61. The van der Waals surface area contributed by atoms with E-state index in [0.717, 1.165) is 19.7 Å². The van der Waals surface area contributed by atoms with Crippen LogP contribution in [0, 0.1) is 0 Å². The van der Waals surface area contributed by atoms with Gasteiger partial charge in [-0.25, -0.2) is 0 Å². The van der Waals surface area contributed by atoms with Gasteiger partial charge in [-0.1, -0.05) is 0 Å². The summed E-state index contributed by atoms with van der Waals surface area (Å²) >= 11 is 0. The zero-order valence-electron chi connectivity index (χ0n) is 11.2. The molecule has 1 aliphatic rings. The van der Waals surface area contributed by atoms with Crippen molar-refractivity contribution in [1.29, 1.82) is 0 Å². The van der Waals surface area contributed by atoms with Crippen molar-refractivity contribution in [1.82, 2.24) is 10.2 Å². The molecule has 0 aromatic carbocycles. The van der Waals surface area contributed by atoms with Gasteiger partial charge in [-0.2, -0.15) is 0 Å². The standard InChI is InChI=1S/C13H28N2O/c1-13(2,3)16-12-6-4-5-9-15-10-7-14-8-11-15/h14H,4-12H2,1-3H3. The number of rotatable bonds is 6. The molecule has 1 N–H and O–H groups in total. The summed E-state index contributed by atoms with van der Waals surface area (Å²) in [6, 6.07) is 0. The SMILES string of the molecule is CC(C)(C)OCCCCCN1CCNCC1. The largest absolute Gasteiger partial charge is 0.376 e. The summed E-state index contributed by atoms with van der Waals surface area (Å²) in [6.45, 7) is 13.3. The van der Waals surface area contributed by atoms with Crippen molar-refractivity contribution in [2.24, 2.45) is 0 Å². The molecule has 1 rings (SSSR count). The zero-order chi connectivity index (χ0) is 11.9. The Labute approximate surface area is 101 Å². The van der Waals surface area contributed by atoms with Gasteiger partial charge < -0.3 is 15.0 Å². The highest BCUT2D eigenvalue weighted by atomic mass is 16.5. The van der Waals surface area contributed by atoms with Crippen LogP contribution < -0.4 is 5.32 Å². The van der Waals surface area contributed by atoms with Gasteiger partial charge in [0.05, 0.1) is 5.60 Å². The summed E-state index contributed by atoms with van der Waals surface area (Å²) in [4.78, 5) is 2.56. The van der Waals surface area contributed by atoms with E-state index < -0.39 is 0 Å². The van der Waals surface area contributed by atoms with Crippen molar-refractivity contribution in [2.75, 3.05) is 39.3 Å². The van der Waals surface area contributed by atoms with Crippen LogP contribution in [0.4, 0.5) is 0 Å². The molecule has 3 nitrogen and oxygen atoms in total. The Morgan fingerprint density at radius 2 is 1.75 bits per heavy atom. The smallest absolute Gasteiger partial charge is 0.0598 e. The third kappa shape index (κ3) is 7.20. The van der Waals surface area contributed by atoms with Gasteiger partial charge in [0.2, 0.25) is 0 Å². The van der Waals surface area contributed by atoms with Crippen LogP contribution >= 0.6 is 0 Å². The van der Waals surface area contributed by atoms with Gasteiger partial charge >= 0.3 is 0 Å². The lowest BCUT2D eigenvalue weighted by atomic mass is 10.2. The Morgan fingerprint density at radius 3 is 2.38 bits per heavy atom. The quantitative estimate of drug-likeness (QED) is 0.703. The van der Waals surface area contributed by atoms with Gasteiger partial charge in [0.25, 0.3) is 0 Å². The fourth-order valence-electron chi connectivity index (χ4n) is 1.93. The van der Waals surface area contributed by atoms with Crippen LogP contribution in [0.2, 0.25) is 0 Å². The Balaban J connectivity index is 1.87. The molecule has 1 aliphatic heterocycles. The van der Waals surface area contributed by atoms with Gasteiger partial charge in [-0.05, 0) is 46.6 Å². The fourth-order valence-corrected chi connectivity index (χ4v) is 1.93. The molecule has 0 unspecified atom stereocenters. The van der Waals surface area contributed by atoms with Crippen molar-refractivity contribution in [3.8, 4) is 0 Å². The summed E-state index contributed by atoms with van der Waals surface area (Å²) in [5, 5.41) is 3.38. The van der Waals surface area contributed by atoms with E-state index in [0.29, 0.717) is 0 Å². The summed E-state index contributed by atoms with van der Waals surface area (Å²) in [5.74, 6) is 0. The van der Waals surface area contributed by atoms with Crippen LogP contribution in [0.5, 0.6) is 0 Å². The molecule has 0 radical (unpaired) electrons. The van der Waals surface area contributed by atoms with Gasteiger partial charge in [0.1, 0.15) is 0 Å². The first kappa shape index (κ1) is 13.9. The molecular formula is C13H28N2O. The van der Waals surface area contributed by atoms with E-state index >= 15 is 0 Å². The average Bonchev–Trinajstić information content (AvgIpc) is 2.23. The molecule has 96 valence electrons. The van der Waals surface area contributed by atoms with E-state index in [1.54, 1.807) is 0 Å². The van der Waals surface area contributed by atoms with E-state index in [9.17, 15) is 0 Å². The molecule has 0 spiro atoms. The topological polar surface area (TPSA) is 24.5 Å². The maximum absolute atomic E-state index is 5.70. The Kier molecular flexibility index (Phi) is 6.32. The molecule has 1 fully saturated rings. The predicted octanol–water partition coefficient (Wildman–Crippen LogP) is 1.88. The molecule has 3 heteroatoms. The third-order valence-electron chi connectivity index (χ3n) is 2.86. The zero-order valence-corrected chi connectivity index (χ0v) is 11.2. The van der Waals surface area contributed by atoms with Crippen LogP contribution in [-0.2, 0) is 4.74 Å². The molecule has 0 aliphatic carbocycles. The molecule has 1 heterocycles. The minimum atomic E-state index is 0.0263. The first-order chi connectivity index (χ1) is 7.58. The summed E-state index contributed by atoms with van der Waals surface area (Å²) in [6.07, 6.45) is 3.80. The molecule has 1 saturated heterocycles. The van der Waals surface area contributed by atoms with E-state index in [2.05, 4.69) is 31.0 Å². The van der Waals surface area contributed by atoms with E-state index in [4.69, 9.17) is 4.74 Å². The first-order valence-electron chi connectivity index (χ1n) is 6.65. The van der Waals surface area contributed by atoms with Crippen molar-refractivity contribution < 1.29 is 4.74 Å². The van der Waals surface area contributed by atoms with E-state index in [1.807, 2.05) is 0 Å². The lowest BCUT2D eigenvalue weighted by Crippen LogP contribution is -2.43. The minimum absolute atomic E-state index is 0.0263.